The van der Waals surface area contributed by atoms with Gasteiger partial charge in [0.25, 0.3) is 0 Å². The number of ether oxygens (including phenoxy) is 1. The number of aryl methyl sites for hydroxylation is 1. The monoisotopic (exact) mass is 281 g/mol. The van der Waals surface area contributed by atoms with E-state index in [1.807, 2.05) is 13.0 Å². The van der Waals surface area contributed by atoms with E-state index in [1.54, 1.807) is 30.3 Å². The number of rotatable bonds is 3. The third kappa shape index (κ3) is 2.95. The molecule has 0 unspecified atom stereocenters. The Balaban J connectivity index is 2.41. The molecular weight excluding hydrogens is 266 g/mol. The highest BCUT2D eigenvalue weighted by Crippen LogP contribution is 2.28. The van der Waals surface area contributed by atoms with Gasteiger partial charge in [0, 0.05) is 5.69 Å². The van der Waals surface area contributed by atoms with Crippen molar-refractivity contribution in [3.8, 4) is 6.07 Å². The topological polar surface area (TPSA) is 88.1 Å². The number of benzene rings is 2. The third-order valence-electron chi connectivity index (χ3n) is 3.15. The summed E-state index contributed by atoms with van der Waals surface area (Å²) in [5, 5.41) is 12.1. The van der Waals surface area contributed by atoms with Gasteiger partial charge in [0.15, 0.2) is 0 Å². The van der Waals surface area contributed by atoms with Gasteiger partial charge in [-0.25, -0.2) is 4.79 Å². The maximum atomic E-state index is 11.6. The van der Waals surface area contributed by atoms with E-state index in [1.165, 1.54) is 7.11 Å². The van der Waals surface area contributed by atoms with Crippen molar-refractivity contribution in [2.45, 2.75) is 6.92 Å². The van der Waals surface area contributed by atoms with E-state index < -0.39 is 5.97 Å². The molecule has 0 atom stereocenters. The molecule has 5 nitrogen and oxygen atoms in total. The summed E-state index contributed by atoms with van der Waals surface area (Å²) >= 11 is 0. The molecule has 0 aliphatic carbocycles. The SMILES string of the molecule is COC(=O)c1cccc(Nc2cc(C#N)ccc2C)c1N. The van der Waals surface area contributed by atoms with Gasteiger partial charge in [0.2, 0.25) is 0 Å². The second-order valence-electron chi connectivity index (χ2n) is 4.52. The highest BCUT2D eigenvalue weighted by Gasteiger charge is 2.13. The van der Waals surface area contributed by atoms with Gasteiger partial charge < -0.3 is 15.8 Å². The lowest BCUT2D eigenvalue weighted by molar-refractivity contribution is 0.0602. The van der Waals surface area contributed by atoms with Gasteiger partial charge in [0.05, 0.1) is 35.7 Å². The molecule has 0 aliphatic rings. The number of nitrogens with zero attached hydrogens (tertiary/aromatic N) is 1. The van der Waals surface area contributed by atoms with Crippen molar-refractivity contribution < 1.29 is 9.53 Å². The van der Waals surface area contributed by atoms with Crippen LogP contribution in [0.1, 0.15) is 21.5 Å². The number of hydrogen-bond donors (Lipinski definition) is 2. The Labute approximate surface area is 123 Å². The minimum absolute atomic E-state index is 0.302. The van der Waals surface area contributed by atoms with Gasteiger partial charge in [-0.05, 0) is 36.8 Å². The number of nitrogens with one attached hydrogen (secondary N) is 1. The number of nitrogens with two attached hydrogens (primary N) is 1. The first-order valence-corrected chi connectivity index (χ1v) is 6.31. The second-order valence-corrected chi connectivity index (χ2v) is 4.52. The zero-order chi connectivity index (χ0) is 15.4. The van der Waals surface area contributed by atoms with E-state index >= 15 is 0 Å². The Bertz CT molecular complexity index is 733. The molecule has 0 spiro atoms. The molecule has 2 aromatic carbocycles. The molecule has 0 saturated carbocycles. The van der Waals surface area contributed by atoms with Crippen LogP contribution in [0.25, 0.3) is 0 Å². The number of anilines is 3. The quantitative estimate of drug-likeness (QED) is 0.667. The zero-order valence-corrected chi connectivity index (χ0v) is 11.8. The summed E-state index contributed by atoms with van der Waals surface area (Å²) in [6.45, 7) is 1.92. The Morgan fingerprint density at radius 1 is 1.29 bits per heavy atom. The summed E-state index contributed by atoms with van der Waals surface area (Å²) in [4.78, 5) is 11.6. The van der Waals surface area contributed by atoms with Crippen LogP contribution in [0.5, 0.6) is 0 Å². The van der Waals surface area contributed by atoms with Crippen molar-refractivity contribution in [3.63, 3.8) is 0 Å². The van der Waals surface area contributed by atoms with Crippen LogP contribution < -0.4 is 11.1 Å². The summed E-state index contributed by atoms with van der Waals surface area (Å²) < 4.78 is 4.69. The molecule has 106 valence electrons. The van der Waals surface area contributed by atoms with Crippen molar-refractivity contribution in [2.75, 3.05) is 18.2 Å². The van der Waals surface area contributed by atoms with Crippen LogP contribution in [-0.4, -0.2) is 13.1 Å². The molecule has 0 fully saturated rings. The molecule has 0 amide bonds. The Morgan fingerprint density at radius 2 is 2.05 bits per heavy atom. The summed E-state index contributed by atoms with van der Waals surface area (Å²) in [5.74, 6) is -0.487. The van der Waals surface area contributed by atoms with Crippen molar-refractivity contribution >= 4 is 23.0 Å². The largest absolute Gasteiger partial charge is 0.465 e. The van der Waals surface area contributed by atoms with E-state index in [0.29, 0.717) is 22.5 Å². The molecule has 21 heavy (non-hydrogen) atoms. The predicted octanol–water partition coefficient (Wildman–Crippen LogP) is 2.98. The Hall–Kier alpha value is -3.00. The van der Waals surface area contributed by atoms with Crippen LogP contribution in [0.3, 0.4) is 0 Å². The summed E-state index contributed by atoms with van der Waals surface area (Å²) in [5.41, 5.74) is 9.49. The van der Waals surface area contributed by atoms with E-state index in [9.17, 15) is 4.79 Å². The third-order valence-corrected chi connectivity index (χ3v) is 3.15. The van der Waals surface area contributed by atoms with Crippen LogP contribution >= 0.6 is 0 Å². The summed E-state index contributed by atoms with van der Waals surface area (Å²) in [6, 6.07) is 12.5. The maximum absolute atomic E-state index is 11.6. The van der Waals surface area contributed by atoms with E-state index in [2.05, 4.69) is 11.4 Å². The zero-order valence-electron chi connectivity index (χ0n) is 11.8. The summed E-state index contributed by atoms with van der Waals surface area (Å²) in [7, 11) is 1.31. The number of carbonyl (C=O) groups excluding carboxylic acids is 1. The molecule has 0 aromatic heterocycles. The molecule has 2 rings (SSSR count). The minimum atomic E-state index is -0.487. The Kier molecular flexibility index (Phi) is 4.10. The molecule has 3 N–H and O–H groups in total. The second kappa shape index (κ2) is 5.97. The average Bonchev–Trinajstić information content (AvgIpc) is 2.50. The first-order chi connectivity index (χ1) is 10.1. The van der Waals surface area contributed by atoms with Crippen LogP contribution in [0.4, 0.5) is 17.1 Å². The Morgan fingerprint density at radius 3 is 2.71 bits per heavy atom. The smallest absolute Gasteiger partial charge is 0.340 e. The molecule has 0 bridgehead atoms. The summed E-state index contributed by atoms with van der Waals surface area (Å²) in [6.07, 6.45) is 0. The van der Waals surface area contributed by atoms with Crippen LogP contribution in [-0.2, 0) is 4.74 Å². The number of methoxy groups -OCH3 is 1. The fourth-order valence-corrected chi connectivity index (χ4v) is 1.93. The minimum Gasteiger partial charge on any atom is -0.465 e. The number of hydrogen-bond acceptors (Lipinski definition) is 5. The predicted molar refractivity (Wildman–Crippen MR) is 81.4 cm³/mol. The lowest BCUT2D eigenvalue weighted by Gasteiger charge is -2.14. The number of nitrogen functional groups attached to an aromatic ring is 1. The average molecular weight is 281 g/mol. The van der Waals surface area contributed by atoms with Gasteiger partial charge in [-0.1, -0.05) is 12.1 Å². The number of nitriles is 1. The van der Waals surface area contributed by atoms with Gasteiger partial charge >= 0.3 is 5.97 Å². The number of carbonyl (C=O) groups is 1. The van der Waals surface area contributed by atoms with E-state index in [0.717, 1.165) is 11.3 Å². The van der Waals surface area contributed by atoms with Gasteiger partial charge in [-0.2, -0.15) is 5.26 Å². The van der Waals surface area contributed by atoms with Crippen LogP contribution in [0.2, 0.25) is 0 Å². The maximum Gasteiger partial charge on any atom is 0.340 e. The molecule has 0 radical (unpaired) electrons. The molecular formula is C16H15N3O2. The van der Waals surface area contributed by atoms with Crippen molar-refractivity contribution in [1.82, 2.24) is 0 Å². The van der Waals surface area contributed by atoms with Gasteiger partial charge in [0.1, 0.15) is 0 Å². The molecule has 0 saturated heterocycles. The van der Waals surface area contributed by atoms with E-state index in [4.69, 9.17) is 15.7 Å². The molecule has 0 aliphatic heterocycles. The normalized spacial score (nSPS) is 9.76. The first kappa shape index (κ1) is 14.4. The standard InChI is InChI=1S/C16H15N3O2/c1-10-6-7-11(9-17)8-14(10)19-13-5-3-4-12(15(13)18)16(20)21-2/h3-8,19H,18H2,1-2H3. The molecule has 2 aromatic rings. The van der Waals surface area contributed by atoms with Gasteiger partial charge in [-0.3, -0.25) is 0 Å². The fourth-order valence-electron chi connectivity index (χ4n) is 1.93. The first-order valence-electron chi connectivity index (χ1n) is 6.31. The van der Waals surface area contributed by atoms with Crippen LogP contribution in [0.15, 0.2) is 36.4 Å². The number of esters is 1. The van der Waals surface area contributed by atoms with Crippen molar-refractivity contribution in [2.24, 2.45) is 0 Å². The molecule has 5 heteroatoms. The van der Waals surface area contributed by atoms with Crippen molar-refractivity contribution in [1.29, 1.82) is 5.26 Å². The van der Waals surface area contributed by atoms with E-state index in [-0.39, 0.29) is 0 Å². The van der Waals surface area contributed by atoms with Gasteiger partial charge in [-0.15, -0.1) is 0 Å². The lowest BCUT2D eigenvalue weighted by atomic mass is 10.1. The van der Waals surface area contributed by atoms with Crippen molar-refractivity contribution in [3.05, 3.63) is 53.1 Å². The van der Waals surface area contributed by atoms with Crippen LogP contribution in [0, 0.1) is 18.3 Å². The highest BCUT2D eigenvalue weighted by molar-refractivity contribution is 5.98. The highest BCUT2D eigenvalue weighted by atomic mass is 16.5. The molecule has 0 heterocycles. The fraction of sp³-hybridized carbons (Fsp3) is 0.125. The number of para-hydroxylation sites is 1. The lowest BCUT2D eigenvalue weighted by Crippen LogP contribution is -2.08.